The summed E-state index contributed by atoms with van der Waals surface area (Å²) in [6.07, 6.45) is 2.21. The highest BCUT2D eigenvalue weighted by Crippen LogP contribution is 2.37. The van der Waals surface area contributed by atoms with E-state index in [-0.39, 0.29) is 10.9 Å². The third-order valence-electron chi connectivity index (χ3n) is 2.67. The van der Waals surface area contributed by atoms with E-state index in [9.17, 15) is 13.2 Å². The monoisotopic (exact) mass is 230 g/mol. The molecule has 0 heterocycles. The lowest BCUT2D eigenvalue weighted by molar-refractivity contribution is -0.345. The predicted molar refractivity (Wildman–Crippen MR) is 54.0 cm³/mol. The second-order valence-corrected chi connectivity index (χ2v) is 6.62. The third kappa shape index (κ3) is 4.09. The first-order valence-electron chi connectivity index (χ1n) is 4.79. The summed E-state index contributed by atoms with van der Waals surface area (Å²) in [6, 6.07) is 0. The Labute approximate surface area is 85.4 Å². The maximum absolute atomic E-state index is 11.9. The van der Waals surface area contributed by atoms with Crippen LogP contribution >= 0.6 is 10.9 Å². The highest BCUT2D eigenvalue weighted by Gasteiger charge is 2.35. The molecule has 0 bridgehead atoms. The molecule has 0 spiro atoms. The molecule has 86 valence electrons. The average molecular weight is 230 g/mol. The van der Waals surface area contributed by atoms with Crippen molar-refractivity contribution >= 4 is 10.9 Å². The van der Waals surface area contributed by atoms with Crippen LogP contribution < -0.4 is 0 Å². The number of thiol groups is 1. The van der Waals surface area contributed by atoms with Crippen LogP contribution in [-0.2, 0) is 4.74 Å². The molecule has 1 aliphatic rings. The Bertz CT molecular complexity index is 173. The summed E-state index contributed by atoms with van der Waals surface area (Å²) in [7, 11) is -0.00759. The van der Waals surface area contributed by atoms with Gasteiger partial charge in [-0.05, 0) is 43.4 Å². The normalized spacial score (nSPS) is 30.2. The molecule has 5 heteroatoms. The van der Waals surface area contributed by atoms with E-state index in [1.165, 1.54) is 0 Å². The second-order valence-electron chi connectivity index (χ2n) is 3.96. The van der Waals surface area contributed by atoms with Crippen molar-refractivity contribution in [1.29, 1.82) is 0 Å². The van der Waals surface area contributed by atoms with E-state index < -0.39 is 12.5 Å². The highest BCUT2D eigenvalue weighted by molar-refractivity contribution is 8.16. The van der Waals surface area contributed by atoms with E-state index >= 15 is 0 Å². The predicted octanol–water partition coefficient (Wildman–Crippen LogP) is 3.09. The van der Waals surface area contributed by atoms with Crippen molar-refractivity contribution in [3.63, 3.8) is 0 Å². The van der Waals surface area contributed by atoms with Gasteiger partial charge in [-0.25, -0.2) is 0 Å². The Kier molecular flexibility index (Phi) is 4.13. The number of halogens is 3. The number of rotatable bonds is 2. The molecule has 0 unspecified atom stereocenters. The van der Waals surface area contributed by atoms with E-state index in [4.69, 9.17) is 0 Å². The average Bonchev–Trinajstić information content (AvgIpc) is 2.02. The zero-order valence-electron chi connectivity index (χ0n) is 8.47. The lowest BCUT2D eigenvalue weighted by Crippen LogP contribution is -2.29. The van der Waals surface area contributed by atoms with E-state index in [0.29, 0.717) is 18.1 Å². The van der Waals surface area contributed by atoms with Gasteiger partial charge in [0.25, 0.3) is 0 Å². The van der Waals surface area contributed by atoms with Crippen LogP contribution in [0.25, 0.3) is 0 Å². The molecular weight excluding hydrogens is 213 g/mol. The Hall–Kier alpha value is 0.100. The minimum Gasteiger partial charge on any atom is -0.289 e. The Balaban J connectivity index is 2.29. The molecule has 0 aromatic heterocycles. The molecule has 0 aliphatic heterocycles. The molecule has 0 radical (unpaired) electrons. The van der Waals surface area contributed by atoms with Crippen LogP contribution in [0.3, 0.4) is 0 Å². The topological polar surface area (TPSA) is 9.23 Å². The molecule has 1 fully saturated rings. The second kappa shape index (κ2) is 4.75. The van der Waals surface area contributed by atoms with Crippen LogP contribution in [0.15, 0.2) is 0 Å². The fraction of sp³-hybridized carbons (Fsp3) is 1.00. The van der Waals surface area contributed by atoms with Gasteiger partial charge in [-0.1, -0.05) is 0 Å². The molecule has 1 saturated carbocycles. The van der Waals surface area contributed by atoms with Gasteiger partial charge in [0.15, 0.2) is 0 Å². The number of ether oxygens (including phenoxy) is 1. The summed E-state index contributed by atoms with van der Waals surface area (Å²) in [5, 5.41) is 0.637. The van der Waals surface area contributed by atoms with Crippen LogP contribution in [0.4, 0.5) is 13.2 Å². The zero-order chi connectivity index (χ0) is 10.8. The van der Waals surface area contributed by atoms with Crippen molar-refractivity contribution < 1.29 is 17.9 Å². The van der Waals surface area contributed by atoms with E-state index in [0.717, 1.165) is 12.8 Å². The molecule has 0 aromatic rings. The van der Waals surface area contributed by atoms with Crippen LogP contribution in [0.1, 0.15) is 25.7 Å². The molecule has 0 N–H and O–H groups in total. The number of hydrogen-bond donors (Lipinski definition) is 1. The van der Waals surface area contributed by atoms with Gasteiger partial charge in [0.1, 0.15) is 0 Å². The zero-order valence-corrected chi connectivity index (χ0v) is 9.37. The van der Waals surface area contributed by atoms with Crippen molar-refractivity contribution in [2.24, 2.45) is 0 Å². The van der Waals surface area contributed by atoms with Gasteiger partial charge < -0.3 is 0 Å². The van der Waals surface area contributed by atoms with Crippen molar-refractivity contribution in [3.8, 4) is 0 Å². The van der Waals surface area contributed by atoms with Gasteiger partial charge >= 0.3 is 6.36 Å². The SMILES string of the molecule is C[SH](C)C1CCC(OC(F)(F)F)CC1. The summed E-state index contributed by atoms with van der Waals surface area (Å²) in [6.45, 7) is 0. The highest BCUT2D eigenvalue weighted by atomic mass is 32.2. The van der Waals surface area contributed by atoms with Crippen molar-refractivity contribution in [1.82, 2.24) is 0 Å². The molecule has 0 amide bonds. The molecule has 14 heavy (non-hydrogen) atoms. The van der Waals surface area contributed by atoms with Crippen LogP contribution in [0, 0.1) is 0 Å². The first-order chi connectivity index (χ1) is 6.38. The quantitative estimate of drug-likeness (QED) is 0.717. The third-order valence-corrected chi connectivity index (χ3v) is 4.65. The fourth-order valence-electron chi connectivity index (χ4n) is 1.87. The standard InChI is InChI=1S/C9H17F3OS/c1-14(2)8-5-3-7(4-6-8)13-9(10,11)12/h7-8,14H,3-6H2,1-2H3. The minimum atomic E-state index is -4.46. The summed E-state index contributed by atoms with van der Waals surface area (Å²) in [5.74, 6) is 0. The van der Waals surface area contributed by atoms with Gasteiger partial charge in [0.2, 0.25) is 0 Å². The smallest absolute Gasteiger partial charge is 0.289 e. The van der Waals surface area contributed by atoms with Crippen molar-refractivity contribution in [2.45, 2.75) is 43.4 Å². The number of hydrogen-bond acceptors (Lipinski definition) is 1. The minimum absolute atomic E-state index is 0.00759. The van der Waals surface area contributed by atoms with Gasteiger partial charge in [0.05, 0.1) is 6.10 Å². The van der Waals surface area contributed by atoms with Crippen molar-refractivity contribution in [2.75, 3.05) is 12.5 Å². The van der Waals surface area contributed by atoms with Crippen LogP contribution in [0.5, 0.6) is 0 Å². The maximum Gasteiger partial charge on any atom is 0.522 e. The van der Waals surface area contributed by atoms with Crippen LogP contribution in [-0.4, -0.2) is 30.2 Å². The summed E-state index contributed by atoms with van der Waals surface area (Å²) in [5.41, 5.74) is 0. The molecular formula is C9H17F3OS. The largest absolute Gasteiger partial charge is 0.522 e. The van der Waals surface area contributed by atoms with Crippen LogP contribution in [0.2, 0.25) is 0 Å². The Morgan fingerprint density at radius 1 is 1.07 bits per heavy atom. The van der Waals surface area contributed by atoms with E-state index in [1.54, 1.807) is 0 Å². The molecule has 0 aromatic carbocycles. The van der Waals surface area contributed by atoms with Gasteiger partial charge in [-0.15, -0.1) is 13.2 Å². The lowest BCUT2D eigenvalue weighted by atomic mass is 9.97. The van der Waals surface area contributed by atoms with Gasteiger partial charge in [-0.2, -0.15) is 0 Å². The first-order valence-corrected chi connectivity index (χ1v) is 7.10. The molecule has 0 atom stereocenters. The maximum atomic E-state index is 11.9. The van der Waals surface area contributed by atoms with E-state index in [2.05, 4.69) is 17.2 Å². The Morgan fingerprint density at radius 2 is 1.57 bits per heavy atom. The summed E-state index contributed by atoms with van der Waals surface area (Å²) in [4.78, 5) is 0. The van der Waals surface area contributed by atoms with Gasteiger partial charge in [0, 0.05) is 0 Å². The molecule has 1 rings (SSSR count). The fourth-order valence-corrected chi connectivity index (χ4v) is 3.20. The summed E-state index contributed by atoms with van der Waals surface area (Å²) < 4.78 is 39.6. The summed E-state index contributed by atoms with van der Waals surface area (Å²) >= 11 is 0. The number of alkyl halides is 3. The molecule has 1 nitrogen and oxygen atoms in total. The van der Waals surface area contributed by atoms with Gasteiger partial charge in [-0.3, -0.25) is 15.6 Å². The lowest BCUT2D eigenvalue weighted by Gasteiger charge is -2.32. The van der Waals surface area contributed by atoms with E-state index in [1.807, 2.05) is 0 Å². The molecule has 1 aliphatic carbocycles. The first kappa shape index (κ1) is 12.2. The molecule has 0 saturated heterocycles. The van der Waals surface area contributed by atoms with Crippen molar-refractivity contribution in [3.05, 3.63) is 0 Å². The Morgan fingerprint density at radius 3 is 1.93 bits per heavy atom.